The summed E-state index contributed by atoms with van der Waals surface area (Å²) in [5, 5.41) is 22.4. The normalized spacial score (nSPS) is 12.6. The van der Waals surface area contributed by atoms with Gasteiger partial charge in [0.25, 0.3) is 5.91 Å². The number of aryl methyl sites for hydroxylation is 1. The van der Waals surface area contributed by atoms with Gasteiger partial charge in [-0.05, 0) is 36.6 Å². The molecule has 0 unspecified atom stereocenters. The molecule has 4 N–H and O–H groups in total. The molecule has 7 nitrogen and oxygen atoms in total. The summed E-state index contributed by atoms with van der Waals surface area (Å²) in [6.07, 6.45) is -5.16. The smallest absolute Gasteiger partial charge is 0.426 e. The lowest BCUT2D eigenvalue weighted by Crippen LogP contribution is -2.57. The molecule has 0 aromatic heterocycles. The van der Waals surface area contributed by atoms with Gasteiger partial charge in [-0.3, -0.25) is 9.59 Å². The minimum absolute atomic E-state index is 0.00401. The molecule has 2 aromatic rings. The third-order valence-corrected chi connectivity index (χ3v) is 4.41. The number of ether oxygens (including phenoxy) is 1. The van der Waals surface area contributed by atoms with E-state index >= 15 is 0 Å². The lowest BCUT2D eigenvalue weighted by atomic mass is 9.75. The van der Waals surface area contributed by atoms with Gasteiger partial charge in [0.15, 0.2) is 0 Å². The second kappa shape index (κ2) is 10.6. The van der Waals surface area contributed by atoms with Gasteiger partial charge < -0.3 is 25.4 Å². The number of hydrogen-bond donors (Lipinski definition) is 4. The predicted molar refractivity (Wildman–Crippen MR) is 107 cm³/mol. The molecule has 1 atom stereocenters. The summed E-state index contributed by atoms with van der Waals surface area (Å²) < 4.78 is 69.1. The molecule has 0 bridgehead atoms. The van der Waals surface area contributed by atoms with Crippen molar-refractivity contribution in [3.8, 4) is 5.75 Å². The predicted octanol–water partition coefficient (Wildman–Crippen LogP) is 1.88. The quantitative estimate of drug-likeness (QED) is 0.252. The highest BCUT2D eigenvalue weighted by molar-refractivity contribution is 6.43. The molecule has 2 rings (SSSR count). The second-order valence-electron chi connectivity index (χ2n) is 7.14. The van der Waals surface area contributed by atoms with Gasteiger partial charge in [-0.1, -0.05) is 42.0 Å². The van der Waals surface area contributed by atoms with Crippen LogP contribution in [0.1, 0.15) is 16.7 Å². The molecule has 0 heterocycles. The van der Waals surface area contributed by atoms with Crippen molar-refractivity contribution >= 4 is 18.9 Å². The molecule has 0 saturated carbocycles. The summed E-state index contributed by atoms with van der Waals surface area (Å²) in [6, 6.07) is 10.9. The molecule has 0 aliphatic rings. The van der Waals surface area contributed by atoms with E-state index in [-0.39, 0.29) is 12.0 Å². The van der Waals surface area contributed by atoms with E-state index in [9.17, 15) is 41.6 Å². The van der Waals surface area contributed by atoms with Crippen molar-refractivity contribution in [2.45, 2.75) is 38.1 Å². The minimum atomic E-state index is -4.96. The molecule has 0 saturated heterocycles. The van der Waals surface area contributed by atoms with Crippen LogP contribution in [0.15, 0.2) is 48.5 Å². The first-order valence-corrected chi connectivity index (χ1v) is 9.51. The lowest BCUT2D eigenvalue weighted by Gasteiger charge is -2.22. The van der Waals surface area contributed by atoms with Gasteiger partial charge in [0, 0.05) is 6.54 Å². The van der Waals surface area contributed by atoms with Gasteiger partial charge in [-0.2, -0.15) is 8.78 Å². The van der Waals surface area contributed by atoms with Crippen LogP contribution in [0.25, 0.3) is 0 Å². The zero-order valence-electron chi connectivity index (χ0n) is 17.2. The summed E-state index contributed by atoms with van der Waals surface area (Å²) in [7, 11) is -2.19. The maximum atomic E-state index is 14.3. The number of hydrogen-bond acceptors (Lipinski definition) is 5. The molecule has 0 aliphatic carbocycles. The van der Waals surface area contributed by atoms with Crippen LogP contribution in [0.2, 0.25) is 0 Å². The number of alkyl halides is 5. The highest BCUT2D eigenvalue weighted by atomic mass is 19.4. The first-order chi connectivity index (χ1) is 15.3. The van der Waals surface area contributed by atoms with E-state index in [0.29, 0.717) is 5.56 Å². The molecule has 2 aromatic carbocycles. The highest BCUT2D eigenvalue weighted by Gasteiger charge is 2.48. The fourth-order valence-electron chi connectivity index (χ4n) is 2.72. The Labute approximate surface area is 185 Å². The van der Waals surface area contributed by atoms with Crippen molar-refractivity contribution in [2.75, 3.05) is 0 Å². The molecule has 13 heteroatoms. The van der Waals surface area contributed by atoms with Gasteiger partial charge >= 0.3 is 25.3 Å². The van der Waals surface area contributed by atoms with Gasteiger partial charge in [-0.25, -0.2) is 0 Å². The number of rotatable bonds is 9. The van der Waals surface area contributed by atoms with Gasteiger partial charge in [0.1, 0.15) is 5.75 Å². The molecular weight excluding hydrogens is 454 g/mol. The van der Waals surface area contributed by atoms with Gasteiger partial charge in [0.05, 0.1) is 5.94 Å². The highest BCUT2D eigenvalue weighted by Crippen LogP contribution is 2.23. The lowest BCUT2D eigenvalue weighted by molar-refractivity contribution is -0.274. The third kappa shape index (κ3) is 8.02. The number of nitrogens with one attached hydrogen (secondary N) is 2. The molecule has 0 fully saturated rings. The summed E-state index contributed by atoms with van der Waals surface area (Å²) in [6.45, 7) is 1.19. The molecule has 33 heavy (non-hydrogen) atoms. The van der Waals surface area contributed by atoms with E-state index in [1.54, 1.807) is 34.9 Å². The van der Waals surface area contributed by atoms with Crippen molar-refractivity contribution in [1.29, 1.82) is 0 Å². The Hall–Kier alpha value is -3.19. The van der Waals surface area contributed by atoms with E-state index in [0.717, 1.165) is 23.8 Å². The number of halogens is 5. The summed E-state index contributed by atoms with van der Waals surface area (Å²) in [5.74, 6) is -10.8. The summed E-state index contributed by atoms with van der Waals surface area (Å²) >= 11 is 0. The van der Waals surface area contributed by atoms with Gasteiger partial charge in [0.2, 0.25) is 0 Å². The van der Waals surface area contributed by atoms with Crippen molar-refractivity contribution in [3.05, 3.63) is 65.2 Å². The number of carbonyl (C=O) groups is 2. The summed E-state index contributed by atoms with van der Waals surface area (Å²) in [5.41, 5.74) is 1.43. The van der Waals surface area contributed by atoms with Crippen LogP contribution >= 0.6 is 0 Å². The van der Waals surface area contributed by atoms with Crippen LogP contribution in [0.3, 0.4) is 0 Å². The van der Waals surface area contributed by atoms with E-state index in [1.807, 2.05) is 6.92 Å². The summed E-state index contributed by atoms with van der Waals surface area (Å²) in [4.78, 5) is 23.9. The Morgan fingerprint density at radius 3 is 2.21 bits per heavy atom. The van der Waals surface area contributed by atoms with Crippen molar-refractivity contribution in [3.63, 3.8) is 0 Å². The average Bonchev–Trinajstić information content (AvgIpc) is 2.71. The third-order valence-electron chi connectivity index (χ3n) is 4.41. The van der Waals surface area contributed by atoms with Crippen molar-refractivity contribution < 1.29 is 46.3 Å². The van der Waals surface area contributed by atoms with E-state index in [1.165, 1.54) is 6.07 Å². The second-order valence-corrected chi connectivity index (χ2v) is 7.14. The Morgan fingerprint density at radius 2 is 1.64 bits per heavy atom. The molecule has 0 aliphatic heterocycles. The Bertz CT molecular complexity index is 970. The standard InChI is InChI=1S/C20H20BF5N2O5/c1-12-5-7-13(8-6-12)10-16(21(31)32)28-18(30)19(22,23)17(29)27-11-14-3-2-4-15(9-14)33-20(24,25)26/h2-9,16,31-32H,10-11H2,1H3,(H,27,29)(H,28,30)/t16-/m0/s1. The fourth-order valence-corrected chi connectivity index (χ4v) is 2.72. The van der Waals surface area contributed by atoms with Crippen LogP contribution in [-0.2, 0) is 22.6 Å². The van der Waals surface area contributed by atoms with Crippen LogP contribution in [0, 0.1) is 6.92 Å². The fraction of sp³-hybridized carbons (Fsp3) is 0.300. The van der Waals surface area contributed by atoms with Crippen LogP contribution in [-0.4, -0.2) is 47.2 Å². The van der Waals surface area contributed by atoms with Crippen LogP contribution in [0.5, 0.6) is 5.75 Å². The van der Waals surface area contributed by atoms with Crippen molar-refractivity contribution in [1.82, 2.24) is 10.6 Å². The van der Waals surface area contributed by atoms with Crippen molar-refractivity contribution in [2.24, 2.45) is 0 Å². The SMILES string of the molecule is Cc1ccc(C[C@H](NC(=O)C(F)(F)C(=O)NCc2cccc(OC(F)(F)F)c2)B(O)O)cc1. The molecule has 0 spiro atoms. The number of benzene rings is 2. The zero-order chi connectivity index (χ0) is 24.8. The first-order valence-electron chi connectivity index (χ1n) is 9.51. The zero-order valence-corrected chi connectivity index (χ0v) is 17.2. The Balaban J connectivity index is 2.00. The maximum absolute atomic E-state index is 14.3. The Morgan fingerprint density at radius 1 is 1.00 bits per heavy atom. The average molecular weight is 474 g/mol. The molecule has 0 radical (unpaired) electrons. The van der Waals surface area contributed by atoms with Crippen LogP contribution in [0.4, 0.5) is 22.0 Å². The molecular formula is C20H20BF5N2O5. The van der Waals surface area contributed by atoms with E-state index in [4.69, 9.17) is 0 Å². The number of carbonyl (C=O) groups excluding carboxylic acids is 2. The topological polar surface area (TPSA) is 108 Å². The largest absolute Gasteiger partial charge is 0.573 e. The maximum Gasteiger partial charge on any atom is 0.573 e. The van der Waals surface area contributed by atoms with Gasteiger partial charge in [-0.15, -0.1) is 13.2 Å². The Kier molecular flexibility index (Phi) is 8.39. The molecule has 178 valence electrons. The minimum Gasteiger partial charge on any atom is -0.426 e. The number of amides is 2. The van der Waals surface area contributed by atoms with E-state index < -0.39 is 49.5 Å². The first kappa shape index (κ1) is 26.1. The van der Waals surface area contributed by atoms with Crippen LogP contribution < -0.4 is 15.4 Å². The van der Waals surface area contributed by atoms with E-state index in [2.05, 4.69) is 4.74 Å². The molecule has 2 amide bonds. The monoisotopic (exact) mass is 474 g/mol.